The van der Waals surface area contributed by atoms with E-state index < -0.39 is 0 Å². The molecule has 3 nitrogen and oxygen atoms in total. The number of nitrogens with zero attached hydrogens (tertiary/aromatic N) is 1. The maximum Gasteiger partial charge on any atom is 0.107 e. The maximum absolute atomic E-state index is 8.77. The van der Waals surface area contributed by atoms with E-state index in [-0.39, 0.29) is 6.61 Å². The summed E-state index contributed by atoms with van der Waals surface area (Å²) in [6.07, 6.45) is 3.86. The fraction of sp³-hybridized carbons (Fsp3) is 0.462. The third-order valence-electron chi connectivity index (χ3n) is 2.71. The van der Waals surface area contributed by atoms with Gasteiger partial charge in [0.1, 0.15) is 5.82 Å². The van der Waals surface area contributed by atoms with E-state index in [0.29, 0.717) is 0 Å². The number of aliphatic hydroxyl groups is 1. The maximum atomic E-state index is 8.77. The lowest BCUT2D eigenvalue weighted by atomic mass is 10.1. The predicted molar refractivity (Wildman–Crippen MR) is 65.5 cm³/mol. The van der Waals surface area contributed by atoms with Crippen LogP contribution in [-0.2, 0) is 12.8 Å². The number of H-pyrrole nitrogens is 1. The smallest absolute Gasteiger partial charge is 0.107 e. The van der Waals surface area contributed by atoms with Gasteiger partial charge in [0.2, 0.25) is 0 Å². The zero-order valence-corrected chi connectivity index (χ0v) is 9.66. The number of hydrogen-bond acceptors (Lipinski definition) is 2. The number of hydrogen-bond donors (Lipinski definition) is 2. The quantitative estimate of drug-likeness (QED) is 0.809. The third-order valence-corrected chi connectivity index (χ3v) is 2.71. The van der Waals surface area contributed by atoms with Crippen molar-refractivity contribution in [1.82, 2.24) is 9.97 Å². The molecule has 2 N–H and O–H groups in total. The summed E-state index contributed by atoms with van der Waals surface area (Å²) in [5, 5.41) is 8.77. The molecule has 16 heavy (non-hydrogen) atoms. The van der Waals surface area contributed by atoms with Gasteiger partial charge in [-0.25, -0.2) is 4.98 Å². The van der Waals surface area contributed by atoms with E-state index >= 15 is 0 Å². The van der Waals surface area contributed by atoms with Crippen LogP contribution in [0.25, 0.3) is 11.0 Å². The van der Waals surface area contributed by atoms with E-state index in [1.54, 1.807) is 0 Å². The molecular weight excluding hydrogens is 200 g/mol. The van der Waals surface area contributed by atoms with E-state index in [9.17, 15) is 0 Å². The number of aromatic nitrogens is 2. The Bertz CT molecular complexity index is 462. The summed E-state index contributed by atoms with van der Waals surface area (Å²) in [6.45, 7) is 2.40. The normalized spacial score (nSPS) is 11.1. The predicted octanol–water partition coefficient (Wildman–Crippen LogP) is 2.44. The average molecular weight is 218 g/mol. The van der Waals surface area contributed by atoms with Gasteiger partial charge >= 0.3 is 0 Å². The molecule has 1 aromatic carbocycles. The standard InChI is InChI=1S/C13H18N2O/c1-2-4-10-6-7-11-12(9-10)15-13(14-11)5-3-8-16/h6-7,9,16H,2-5,8H2,1H3,(H,14,15). The van der Waals surface area contributed by atoms with Crippen LogP contribution in [0.5, 0.6) is 0 Å². The van der Waals surface area contributed by atoms with Crippen LogP contribution < -0.4 is 0 Å². The van der Waals surface area contributed by atoms with Gasteiger partial charge in [-0.2, -0.15) is 0 Å². The van der Waals surface area contributed by atoms with Gasteiger partial charge in [-0.05, 0) is 30.5 Å². The van der Waals surface area contributed by atoms with Crippen molar-refractivity contribution in [2.45, 2.75) is 32.6 Å². The highest BCUT2D eigenvalue weighted by Gasteiger charge is 2.03. The molecule has 2 rings (SSSR count). The molecule has 3 heteroatoms. The molecule has 0 saturated carbocycles. The summed E-state index contributed by atoms with van der Waals surface area (Å²) in [6, 6.07) is 6.38. The Morgan fingerprint density at radius 2 is 2.19 bits per heavy atom. The molecule has 86 valence electrons. The minimum Gasteiger partial charge on any atom is -0.396 e. The van der Waals surface area contributed by atoms with Crippen LogP contribution in [-0.4, -0.2) is 21.7 Å². The minimum atomic E-state index is 0.220. The molecular formula is C13H18N2O. The first-order valence-corrected chi connectivity index (χ1v) is 5.92. The van der Waals surface area contributed by atoms with Crippen LogP contribution in [0.4, 0.5) is 0 Å². The fourth-order valence-corrected chi connectivity index (χ4v) is 1.92. The van der Waals surface area contributed by atoms with Gasteiger partial charge in [-0.15, -0.1) is 0 Å². The van der Waals surface area contributed by atoms with E-state index in [0.717, 1.165) is 42.5 Å². The molecule has 0 radical (unpaired) electrons. The Balaban J connectivity index is 2.23. The van der Waals surface area contributed by atoms with Gasteiger partial charge in [0.05, 0.1) is 11.0 Å². The van der Waals surface area contributed by atoms with E-state index in [2.05, 4.69) is 35.1 Å². The van der Waals surface area contributed by atoms with Gasteiger partial charge in [0.25, 0.3) is 0 Å². The first-order valence-electron chi connectivity index (χ1n) is 5.92. The number of rotatable bonds is 5. The molecule has 0 aliphatic heterocycles. The van der Waals surface area contributed by atoms with Crippen molar-refractivity contribution < 1.29 is 5.11 Å². The van der Waals surface area contributed by atoms with Gasteiger partial charge in [-0.3, -0.25) is 0 Å². The lowest BCUT2D eigenvalue weighted by Crippen LogP contribution is -1.90. The average Bonchev–Trinajstić information content (AvgIpc) is 2.68. The minimum absolute atomic E-state index is 0.220. The van der Waals surface area contributed by atoms with Gasteiger partial charge in [0.15, 0.2) is 0 Å². The largest absolute Gasteiger partial charge is 0.396 e. The van der Waals surface area contributed by atoms with Crippen LogP contribution in [0.1, 0.15) is 31.2 Å². The molecule has 0 spiro atoms. The molecule has 0 bridgehead atoms. The highest BCUT2D eigenvalue weighted by Crippen LogP contribution is 2.15. The number of fused-ring (bicyclic) bond motifs is 1. The van der Waals surface area contributed by atoms with Crippen molar-refractivity contribution >= 4 is 11.0 Å². The number of benzene rings is 1. The molecule has 0 aliphatic carbocycles. The molecule has 1 aromatic heterocycles. The van der Waals surface area contributed by atoms with Crippen molar-refractivity contribution in [3.63, 3.8) is 0 Å². The zero-order chi connectivity index (χ0) is 11.4. The van der Waals surface area contributed by atoms with E-state index in [1.807, 2.05) is 0 Å². The van der Waals surface area contributed by atoms with Gasteiger partial charge in [-0.1, -0.05) is 19.4 Å². The number of imidazole rings is 1. The SMILES string of the molecule is CCCc1ccc2nc(CCCO)[nH]c2c1. The van der Waals surface area contributed by atoms with Crippen LogP contribution in [0.3, 0.4) is 0 Å². The Morgan fingerprint density at radius 3 is 2.94 bits per heavy atom. The van der Waals surface area contributed by atoms with Crippen molar-refractivity contribution in [1.29, 1.82) is 0 Å². The Kier molecular flexibility index (Phi) is 3.57. The van der Waals surface area contributed by atoms with Crippen molar-refractivity contribution in [2.24, 2.45) is 0 Å². The summed E-state index contributed by atoms with van der Waals surface area (Å²) in [5.41, 5.74) is 3.49. The molecule has 0 unspecified atom stereocenters. The third kappa shape index (κ3) is 2.42. The zero-order valence-electron chi connectivity index (χ0n) is 9.66. The number of nitrogens with one attached hydrogen (secondary N) is 1. The summed E-state index contributed by atoms with van der Waals surface area (Å²) in [7, 11) is 0. The lowest BCUT2D eigenvalue weighted by Gasteiger charge is -1.96. The summed E-state index contributed by atoms with van der Waals surface area (Å²) in [5.74, 6) is 0.970. The summed E-state index contributed by atoms with van der Waals surface area (Å²) >= 11 is 0. The Morgan fingerprint density at radius 1 is 1.31 bits per heavy atom. The first kappa shape index (κ1) is 11.1. The molecule has 0 amide bonds. The highest BCUT2D eigenvalue weighted by molar-refractivity contribution is 5.75. The Hall–Kier alpha value is -1.35. The number of aryl methyl sites for hydroxylation is 2. The molecule has 2 aromatic rings. The van der Waals surface area contributed by atoms with Crippen LogP contribution in [0, 0.1) is 0 Å². The molecule has 0 aliphatic rings. The van der Waals surface area contributed by atoms with Crippen LogP contribution in [0.2, 0.25) is 0 Å². The lowest BCUT2D eigenvalue weighted by molar-refractivity contribution is 0.287. The second-order valence-corrected chi connectivity index (χ2v) is 4.11. The van der Waals surface area contributed by atoms with Crippen molar-refractivity contribution in [3.05, 3.63) is 29.6 Å². The van der Waals surface area contributed by atoms with Gasteiger partial charge in [0, 0.05) is 13.0 Å². The first-order chi connectivity index (χ1) is 7.83. The highest BCUT2D eigenvalue weighted by atomic mass is 16.2. The molecule has 0 saturated heterocycles. The summed E-state index contributed by atoms with van der Waals surface area (Å²) < 4.78 is 0. The molecule has 1 heterocycles. The van der Waals surface area contributed by atoms with Crippen LogP contribution in [0.15, 0.2) is 18.2 Å². The van der Waals surface area contributed by atoms with Crippen molar-refractivity contribution in [3.8, 4) is 0 Å². The topological polar surface area (TPSA) is 48.9 Å². The fourth-order valence-electron chi connectivity index (χ4n) is 1.92. The second kappa shape index (κ2) is 5.12. The second-order valence-electron chi connectivity index (χ2n) is 4.11. The van der Waals surface area contributed by atoms with Gasteiger partial charge < -0.3 is 10.1 Å². The van der Waals surface area contributed by atoms with Crippen LogP contribution >= 0.6 is 0 Å². The van der Waals surface area contributed by atoms with E-state index in [4.69, 9.17) is 5.11 Å². The number of aromatic amines is 1. The van der Waals surface area contributed by atoms with E-state index in [1.165, 1.54) is 5.56 Å². The molecule has 0 fully saturated rings. The summed E-state index contributed by atoms with van der Waals surface area (Å²) in [4.78, 5) is 7.79. The monoisotopic (exact) mass is 218 g/mol. The Labute approximate surface area is 95.5 Å². The molecule has 0 atom stereocenters. The number of aliphatic hydroxyl groups excluding tert-OH is 1. The van der Waals surface area contributed by atoms with Crippen molar-refractivity contribution in [2.75, 3.05) is 6.61 Å².